The third-order valence-electron chi connectivity index (χ3n) is 3.06. The summed E-state index contributed by atoms with van der Waals surface area (Å²) < 4.78 is 5.94. The lowest BCUT2D eigenvalue weighted by Gasteiger charge is -2.18. The second-order valence-corrected chi connectivity index (χ2v) is 5.61. The molecular weight excluding hydrogens is 236 g/mol. The maximum atomic E-state index is 5.94. The van der Waals surface area contributed by atoms with Crippen LogP contribution in [-0.2, 0) is 13.1 Å². The topological polar surface area (TPSA) is 28.4 Å². The smallest absolute Gasteiger partial charge is 0.120 e. The average molecular weight is 264 g/mol. The van der Waals surface area contributed by atoms with Crippen LogP contribution in [0.25, 0.3) is 0 Å². The van der Waals surface area contributed by atoms with Gasteiger partial charge in [0.15, 0.2) is 0 Å². The Balaban J connectivity index is 2.63. The maximum Gasteiger partial charge on any atom is 0.120 e. The van der Waals surface area contributed by atoms with Crippen LogP contribution in [0.3, 0.4) is 0 Å². The number of aryl methyl sites for hydroxylation is 1. The maximum absolute atomic E-state index is 5.94. The van der Waals surface area contributed by atoms with Gasteiger partial charge >= 0.3 is 0 Å². The minimum atomic E-state index is 0.475. The van der Waals surface area contributed by atoms with Gasteiger partial charge in [-0.05, 0) is 32.0 Å². The van der Waals surface area contributed by atoms with E-state index in [0.717, 1.165) is 37.7 Å². The standard InChI is InChI=1S/C16H28N2O/c1-7-18(10-12(2)3)11-15-8-14(6)16(19-15)9-17-13(4)5/h8,13,17H,2,7,9-11H2,1,3-6H3. The molecule has 1 aromatic heterocycles. The molecule has 0 aliphatic rings. The predicted octanol–water partition coefficient (Wildman–Crippen LogP) is 3.48. The minimum absolute atomic E-state index is 0.475. The summed E-state index contributed by atoms with van der Waals surface area (Å²) in [7, 11) is 0. The lowest BCUT2D eigenvalue weighted by molar-refractivity contribution is 0.271. The van der Waals surface area contributed by atoms with Crippen molar-refractivity contribution >= 4 is 0 Å². The summed E-state index contributed by atoms with van der Waals surface area (Å²) >= 11 is 0. The molecule has 1 N–H and O–H groups in total. The number of likely N-dealkylation sites (N-methyl/N-ethyl adjacent to an activating group) is 1. The van der Waals surface area contributed by atoms with Gasteiger partial charge in [-0.15, -0.1) is 0 Å². The number of hydrogen-bond donors (Lipinski definition) is 1. The Bertz CT molecular complexity index is 407. The zero-order chi connectivity index (χ0) is 14.4. The molecule has 19 heavy (non-hydrogen) atoms. The summed E-state index contributed by atoms with van der Waals surface area (Å²) in [5.74, 6) is 2.09. The van der Waals surface area contributed by atoms with Crippen LogP contribution in [0.4, 0.5) is 0 Å². The first-order valence-electron chi connectivity index (χ1n) is 7.10. The molecule has 3 nitrogen and oxygen atoms in total. The number of hydrogen-bond acceptors (Lipinski definition) is 3. The molecule has 1 rings (SSSR count). The van der Waals surface area contributed by atoms with Crippen LogP contribution in [0.15, 0.2) is 22.6 Å². The van der Waals surface area contributed by atoms with E-state index in [1.165, 1.54) is 11.1 Å². The largest absolute Gasteiger partial charge is 0.463 e. The van der Waals surface area contributed by atoms with E-state index in [0.29, 0.717) is 6.04 Å². The number of nitrogens with one attached hydrogen (secondary N) is 1. The van der Waals surface area contributed by atoms with E-state index in [2.05, 4.69) is 57.5 Å². The van der Waals surface area contributed by atoms with Crippen LogP contribution in [-0.4, -0.2) is 24.0 Å². The molecule has 0 spiro atoms. The first-order valence-corrected chi connectivity index (χ1v) is 7.10. The minimum Gasteiger partial charge on any atom is -0.463 e. The monoisotopic (exact) mass is 264 g/mol. The fourth-order valence-electron chi connectivity index (χ4n) is 2.02. The van der Waals surface area contributed by atoms with Crippen LogP contribution in [0, 0.1) is 6.92 Å². The number of nitrogens with zero attached hydrogens (tertiary/aromatic N) is 1. The van der Waals surface area contributed by atoms with Crippen molar-refractivity contribution < 1.29 is 4.42 Å². The average Bonchev–Trinajstić information content (AvgIpc) is 2.65. The normalized spacial score (nSPS) is 11.5. The highest BCUT2D eigenvalue weighted by Gasteiger charge is 2.11. The van der Waals surface area contributed by atoms with E-state index in [9.17, 15) is 0 Å². The van der Waals surface area contributed by atoms with Gasteiger partial charge < -0.3 is 9.73 Å². The van der Waals surface area contributed by atoms with Crippen LogP contribution >= 0.6 is 0 Å². The SMILES string of the molecule is C=C(C)CN(CC)Cc1cc(C)c(CNC(C)C)o1. The summed E-state index contributed by atoms with van der Waals surface area (Å²) in [5.41, 5.74) is 2.42. The molecule has 0 aromatic carbocycles. The summed E-state index contributed by atoms with van der Waals surface area (Å²) in [5, 5.41) is 3.39. The Hall–Kier alpha value is -1.06. The van der Waals surface area contributed by atoms with Gasteiger partial charge in [0.05, 0.1) is 13.1 Å². The van der Waals surface area contributed by atoms with Crippen LogP contribution in [0.2, 0.25) is 0 Å². The van der Waals surface area contributed by atoms with Crippen LogP contribution in [0.5, 0.6) is 0 Å². The van der Waals surface area contributed by atoms with E-state index < -0.39 is 0 Å². The van der Waals surface area contributed by atoms with Gasteiger partial charge in [-0.1, -0.05) is 32.9 Å². The predicted molar refractivity (Wildman–Crippen MR) is 81.2 cm³/mol. The molecule has 0 aliphatic heterocycles. The summed E-state index contributed by atoms with van der Waals surface area (Å²) in [6.07, 6.45) is 0. The summed E-state index contributed by atoms with van der Waals surface area (Å²) in [4.78, 5) is 2.33. The van der Waals surface area contributed by atoms with E-state index >= 15 is 0 Å². The highest BCUT2D eigenvalue weighted by Crippen LogP contribution is 2.17. The van der Waals surface area contributed by atoms with Crippen molar-refractivity contribution in [3.05, 3.63) is 35.3 Å². The Labute approximate surface area is 117 Å². The van der Waals surface area contributed by atoms with E-state index in [4.69, 9.17) is 4.42 Å². The van der Waals surface area contributed by atoms with Crippen molar-refractivity contribution in [3.8, 4) is 0 Å². The second-order valence-electron chi connectivity index (χ2n) is 5.61. The van der Waals surface area contributed by atoms with E-state index in [1.54, 1.807) is 0 Å². The molecule has 0 amide bonds. The van der Waals surface area contributed by atoms with Gasteiger partial charge in [0.2, 0.25) is 0 Å². The highest BCUT2D eigenvalue weighted by molar-refractivity contribution is 5.20. The van der Waals surface area contributed by atoms with Crippen molar-refractivity contribution in [1.82, 2.24) is 10.2 Å². The lowest BCUT2D eigenvalue weighted by Crippen LogP contribution is -2.24. The van der Waals surface area contributed by atoms with Crippen molar-refractivity contribution in [3.63, 3.8) is 0 Å². The molecule has 1 heterocycles. The first kappa shape index (κ1) is 16.0. The molecule has 0 atom stereocenters. The van der Waals surface area contributed by atoms with Gasteiger partial charge in [-0.25, -0.2) is 0 Å². The van der Waals surface area contributed by atoms with Gasteiger partial charge in [0.1, 0.15) is 11.5 Å². The van der Waals surface area contributed by atoms with Crippen LogP contribution in [0.1, 0.15) is 44.8 Å². The molecule has 0 unspecified atom stereocenters. The summed E-state index contributed by atoms with van der Waals surface area (Å²) in [6, 6.07) is 2.63. The second kappa shape index (κ2) is 7.51. The molecule has 0 saturated carbocycles. The van der Waals surface area contributed by atoms with Crippen molar-refractivity contribution in [1.29, 1.82) is 0 Å². The Morgan fingerprint density at radius 2 is 2.16 bits per heavy atom. The van der Waals surface area contributed by atoms with Gasteiger partial charge in [0, 0.05) is 12.6 Å². The molecule has 0 fully saturated rings. The molecule has 0 saturated heterocycles. The Morgan fingerprint density at radius 1 is 1.47 bits per heavy atom. The van der Waals surface area contributed by atoms with Crippen molar-refractivity contribution in [2.75, 3.05) is 13.1 Å². The number of rotatable bonds is 8. The number of furan rings is 1. The summed E-state index contributed by atoms with van der Waals surface area (Å²) in [6.45, 7) is 18.2. The molecule has 108 valence electrons. The Kier molecular flexibility index (Phi) is 6.32. The molecular formula is C16H28N2O. The first-order chi connectivity index (χ1) is 8.92. The molecule has 1 aromatic rings. The van der Waals surface area contributed by atoms with E-state index in [-0.39, 0.29) is 0 Å². The van der Waals surface area contributed by atoms with Crippen LogP contribution < -0.4 is 5.32 Å². The Morgan fingerprint density at radius 3 is 2.68 bits per heavy atom. The van der Waals surface area contributed by atoms with Gasteiger partial charge in [0.25, 0.3) is 0 Å². The quantitative estimate of drug-likeness (QED) is 0.729. The fraction of sp³-hybridized carbons (Fsp3) is 0.625. The van der Waals surface area contributed by atoms with E-state index in [1.807, 2.05) is 0 Å². The molecule has 0 aliphatic carbocycles. The molecule has 0 bridgehead atoms. The van der Waals surface area contributed by atoms with Crippen molar-refractivity contribution in [2.24, 2.45) is 0 Å². The fourth-order valence-corrected chi connectivity index (χ4v) is 2.02. The molecule has 3 heteroatoms. The van der Waals surface area contributed by atoms with Gasteiger partial charge in [-0.3, -0.25) is 4.90 Å². The third-order valence-corrected chi connectivity index (χ3v) is 3.06. The van der Waals surface area contributed by atoms with Crippen molar-refractivity contribution in [2.45, 2.75) is 53.8 Å². The highest BCUT2D eigenvalue weighted by atomic mass is 16.3. The molecule has 0 radical (unpaired) electrons. The third kappa shape index (κ3) is 5.62. The lowest BCUT2D eigenvalue weighted by atomic mass is 10.2. The van der Waals surface area contributed by atoms with Gasteiger partial charge in [-0.2, -0.15) is 0 Å². The zero-order valence-corrected chi connectivity index (χ0v) is 13.0. The zero-order valence-electron chi connectivity index (χ0n) is 13.0.